The number of piperidine rings is 1. The lowest BCUT2D eigenvalue weighted by Crippen LogP contribution is -2.53. The van der Waals surface area contributed by atoms with Gasteiger partial charge in [0.25, 0.3) is 5.91 Å². The first-order chi connectivity index (χ1) is 27.1. The van der Waals surface area contributed by atoms with Crippen LogP contribution in [0.5, 0.6) is 0 Å². The highest BCUT2D eigenvalue weighted by Gasteiger charge is 2.39. The molecular formula is C41H43N11O4. The highest BCUT2D eigenvalue weighted by Crippen LogP contribution is 2.33. The van der Waals surface area contributed by atoms with Gasteiger partial charge in [-0.2, -0.15) is 10.1 Å². The number of rotatable bonds is 6. The number of nitrogens with one attached hydrogen (secondary N) is 3. The number of nitrogens with zero attached hydrogens (tertiary/aromatic N) is 8. The molecule has 6 heterocycles. The van der Waals surface area contributed by atoms with E-state index in [0.717, 1.165) is 51.1 Å². The Morgan fingerprint density at radius 3 is 2.43 bits per heavy atom. The standard InChI is InChI=1S/C41H43N11O4/c1-24-5-4-6-25(2)35(24)45-36-32-21-42-40(46-37(32)48(3)47-36)43-29-8-7-26-13-14-51(22-27(26)19-29)41(56)50-17-15-49(16-18-50)30-9-10-31-28(20-30)23-52(39(31)55)33-11-12-34(53)44-38(33)54/h4-10,19-21,33H,11-18,22-23H2,1-3H3,(H,45,47)(H,42,43,46)(H,44,53,54). The molecule has 286 valence electrons. The van der Waals surface area contributed by atoms with Crippen LogP contribution in [0.25, 0.3) is 11.0 Å². The van der Waals surface area contributed by atoms with E-state index < -0.39 is 11.9 Å². The first-order valence-corrected chi connectivity index (χ1v) is 19.1. The molecule has 5 amide bonds. The van der Waals surface area contributed by atoms with E-state index in [1.54, 1.807) is 15.8 Å². The maximum Gasteiger partial charge on any atom is 0.320 e. The first kappa shape index (κ1) is 35.2. The number of urea groups is 1. The Hall–Kier alpha value is -6.51. The molecule has 4 aliphatic heterocycles. The van der Waals surface area contributed by atoms with Crippen molar-refractivity contribution in [3.05, 3.63) is 94.2 Å². The minimum atomic E-state index is -0.641. The topological polar surface area (TPSA) is 161 Å². The van der Waals surface area contributed by atoms with E-state index >= 15 is 0 Å². The Morgan fingerprint density at radius 2 is 1.64 bits per heavy atom. The summed E-state index contributed by atoms with van der Waals surface area (Å²) in [5, 5.41) is 14.7. The number of piperazine rings is 1. The fourth-order valence-corrected chi connectivity index (χ4v) is 8.36. The maximum atomic E-state index is 13.8. The average molecular weight is 754 g/mol. The van der Waals surface area contributed by atoms with E-state index in [1.165, 1.54) is 5.56 Å². The van der Waals surface area contributed by atoms with E-state index in [1.807, 2.05) is 47.2 Å². The van der Waals surface area contributed by atoms with Crippen LogP contribution in [-0.2, 0) is 36.1 Å². The van der Waals surface area contributed by atoms with E-state index in [4.69, 9.17) is 10.1 Å². The Kier molecular flexibility index (Phi) is 8.78. The summed E-state index contributed by atoms with van der Waals surface area (Å²) in [5.74, 6) is 0.265. The zero-order valence-corrected chi connectivity index (χ0v) is 31.6. The number of carbonyl (C=O) groups is 4. The van der Waals surface area contributed by atoms with Crippen LogP contribution in [0.3, 0.4) is 0 Å². The molecule has 0 aliphatic carbocycles. The molecule has 15 heteroatoms. The number of benzene rings is 3. The molecule has 0 radical (unpaired) electrons. The molecule has 0 spiro atoms. The van der Waals surface area contributed by atoms with Crippen molar-refractivity contribution >= 4 is 63.6 Å². The van der Waals surface area contributed by atoms with Crippen molar-refractivity contribution in [3.8, 4) is 0 Å². The van der Waals surface area contributed by atoms with Crippen LogP contribution in [0.1, 0.15) is 51.0 Å². The summed E-state index contributed by atoms with van der Waals surface area (Å²) in [6.45, 7) is 8.13. The van der Waals surface area contributed by atoms with Gasteiger partial charge in [0.15, 0.2) is 11.5 Å². The Morgan fingerprint density at radius 1 is 0.839 bits per heavy atom. The van der Waals surface area contributed by atoms with Gasteiger partial charge in [0.1, 0.15) is 6.04 Å². The van der Waals surface area contributed by atoms with Crippen LogP contribution in [0, 0.1) is 13.8 Å². The lowest BCUT2D eigenvalue weighted by atomic mass is 9.99. The summed E-state index contributed by atoms with van der Waals surface area (Å²) in [7, 11) is 1.87. The summed E-state index contributed by atoms with van der Waals surface area (Å²) in [5.41, 5.74) is 9.60. The normalized spacial score (nSPS) is 18.3. The number of fused-ring (bicyclic) bond motifs is 3. The van der Waals surface area contributed by atoms with E-state index in [-0.39, 0.29) is 24.3 Å². The predicted molar refractivity (Wildman–Crippen MR) is 211 cm³/mol. The molecule has 1 atom stereocenters. The van der Waals surface area contributed by atoms with E-state index in [0.29, 0.717) is 75.2 Å². The number of amides is 5. The predicted octanol–water partition coefficient (Wildman–Crippen LogP) is 4.53. The zero-order valence-electron chi connectivity index (χ0n) is 31.6. The van der Waals surface area contributed by atoms with E-state index in [2.05, 4.69) is 63.9 Å². The van der Waals surface area contributed by atoms with Crippen LogP contribution in [-0.4, -0.2) is 97.0 Å². The number of hydrogen-bond acceptors (Lipinski definition) is 10. The number of aromatic nitrogens is 4. The van der Waals surface area contributed by atoms with Gasteiger partial charge < -0.3 is 30.2 Å². The average Bonchev–Trinajstić information content (AvgIpc) is 3.69. The molecule has 3 aromatic carbocycles. The van der Waals surface area contributed by atoms with Gasteiger partial charge in [-0.3, -0.25) is 19.7 Å². The highest BCUT2D eigenvalue weighted by molar-refractivity contribution is 6.05. The number of imide groups is 1. The van der Waals surface area contributed by atoms with Crippen molar-refractivity contribution in [1.29, 1.82) is 0 Å². The quantitative estimate of drug-likeness (QED) is 0.210. The van der Waals surface area contributed by atoms with Crippen molar-refractivity contribution < 1.29 is 19.2 Å². The van der Waals surface area contributed by atoms with Gasteiger partial charge in [0.2, 0.25) is 17.8 Å². The van der Waals surface area contributed by atoms with Crippen LogP contribution in [0.4, 0.5) is 33.6 Å². The molecule has 15 nitrogen and oxygen atoms in total. The van der Waals surface area contributed by atoms with E-state index in [9.17, 15) is 19.2 Å². The van der Waals surface area contributed by atoms with Crippen LogP contribution >= 0.6 is 0 Å². The summed E-state index contributed by atoms with van der Waals surface area (Å²) in [6.07, 6.45) is 3.12. The highest BCUT2D eigenvalue weighted by atomic mass is 16.2. The second-order valence-corrected chi connectivity index (χ2v) is 15.1. The van der Waals surface area contributed by atoms with Crippen molar-refractivity contribution in [2.75, 3.05) is 48.3 Å². The molecule has 0 saturated carbocycles. The molecule has 1 unspecified atom stereocenters. The second kappa shape index (κ2) is 14.0. The van der Waals surface area contributed by atoms with Gasteiger partial charge in [-0.1, -0.05) is 24.3 Å². The third-order valence-electron chi connectivity index (χ3n) is 11.5. The minimum absolute atomic E-state index is 0.0309. The van der Waals surface area contributed by atoms with Crippen LogP contribution in [0.15, 0.2) is 60.8 Å². The molecule has 3 N–H and O–H groups in total. The zero-order chi connectivity index (χ0) is 38.7. The van der Waals surface area contributed by atoms with Gasteiger partial charge in [0, 0.05) is 88.1 Å². The number of hydrogen-bond donors (Lipinski definition) is 3. The molecule has 5 aromatic rings. The van der Waals surface area contributed by atoms with Crippen molar-refractivity contribution in [1.82, 2.24) is 39.8 Å². The van der Waals surface area contributed by atoms with Gasteiger partial charge in [-0.05, 0) is 84.8 Å². The molecular weight excluding hydrogens is 711 g/mol. The number of para-hydroxylation sites is 1. The first-order valence-electron chi connectivity index (χ1n) is 19.1. The third kappa shape index (κ3) is 6.42. The molecule has 9 rings (SSSR count). The second-order valence-electron chi connectivity index (χ2n) is 15.1. The van der Waals surface area contributed by atoms with Gasteiger partial charge in [-0.15, -0.1) is 0 Å². The summed E-state index contributed by atoms with van der Waals surface area (Å²) >= 11 is 0. The largest absolute Gasteiger partial charge is 0.368 e. The monoisotopic (exact) mass is 753 g/mol. The Balaban J connectivity index is 0.820. The molecule has 0 bridgehead atoms. The van der Waals surface area contributed by atoms with Gasteiger partial charge in [0.05, 0.1) is 5.39 Å². The van der Waals surface area contributed by atoms with Crippen molar-refractivity contribution in [2.45, 2.75) is 52.2 Å². The molecule has 2 fully saturated rings. The third-order valence-corrected chi connectivity index (χ3v) is 11.5. The SMILES string of the molecule is Cc1cccc(C)c1Nc1nn(C)c2nc(Nc3ccc4c(c3)CN(C(=O)N3CCN(c5ccc6c(c5)CN(C5CCC(=O)NC5=O)C6=O)CC3)CC4)ncc12. The Bertz CT molecular complexity index is 2420. The smallest absolute Gasteiger partial charge is 0.320 e. The number of anilines is 5. The fraction of sp³-hybridized carbons (Fsp3) is 0.341. The lowest BCUT2D eigenvalue weighted by Gasteiger charge is -2.39. The Labute approximate surface area is 323 Å². The lowest BCUT2D eigenvalue weighted by molar-refractivity contribution is -0.136. The summed E-state index contributed by atoms with van der Waals surface area (Å²) in [4.78, 5) is 68.1. The van der Waals surface area contributed by atoms with Crippen LogP contribution < -0.4 is 20.9 Å². The van der Waals surface area contributed by atoms with Gasteiger partial charge >= 0.3 is 6.03 Å². The van der Waals surface area contributed by atoms with Gasteiger partial charge in [-0.25, -0.2) is 14.5 Å². The summed E-state index contributed by atoms with van der Waals surface area (Å²) in [6, 6.07) is 17.6. The van der Waals surface area contributed by atoms with Crippen molar-refractivity contribution in [2.24, 2.45) is 7.05 Å². The fourth-order valence-electron chi connectivity index (χ4n) is 8.36. The molecule has 56 heavy (non-hydrogen) atoms. The number of carbonyl (C=O) groups excluding carboxylic acids is 4. The van der Waals surface area contributed by atoms with Crippen molar-refractivity contribution in [3.63, 3.8) is 0 Å². The number of aryl methyl sites for hydroxylation is 3. The molecule has 4 aliphatic rings. The minimum Gasteiger partial charge on any atom is -0.368 e. The maximum absolute atomic E-state index is 13.8. The van der Waals surface area contributed by atoms with Crippen LogP contribution in [0.2, 0.25) is 0 Å². The summed E-state index contributed by atoms with van der Waals surface area (Å²) < 4.78 is 1.75. The molecule has 2 aromatic heterocycles. The molecule has 2 saturated heterocycles.